The van der Waals surface area contributed by atoms with Crippen LogP contribution >= 0.6 is 24.0 Å². The van der Waals surface area contributed by atoms with E-state index >= 15 is 0 Å². The molecule has 1 saturated heterocycles. The van der Waals surface area contributed by atoms with Crippen LogP contribution in [0.3, 0.4) is 0 Å². The van der Waals surface area contributed by atoms with Crippen molar-refractivity contribution in [2.45, 2.75) is 37.0 Å². The standard InChI is InChI=1S/C16H19FN2OS2/c17-12-5-3-11(4-6-12)14(15(20)18-13-7-8-13)22-16(21)19-9-1-2-10-19/h3-6,13-14H,1-2,7-10H2,(H,18,20). The molecule has 6 heteroatoms. The second kappa shape index (κ2) is 6.96. The molecule has 1 aliphatic heterocycles. The first-order valence-electron chi connectivity index (χ1n) is 7.65. The molecule has 3 rings (SSSR count). The first kappa shape index (κ1) is 15.7. The van der Waals surface area contributed by atoms with Crippen LogP contribution in [0.15, 0.2) is 24.3 Å². The molecule has 2 fully saturated rings. The molecule has 0 spiro atoms. The first-order valence-corrected chi connectivity index (χ1v) is 8.93. The molecule has 22 heavy (non-hydrogen) atoms. The predicted molar refractivity (Wildman–Crippen MR) is 91.3 cm³/mol. The normalized spacial score (nSPS) is 19.0. The Kier molecular flexibility index (Phi) is 4.98. The monoisotopic (exact) mass is 338 g/mol. The first-order chi connectivity index (χ1) is 10.6. The van der Waals surface area contributed by atoms with E-state index in [2.05, 4.69) is 10.2 Å². The summed E-state index contributed by atoms with van der Waals surface area (Å²) < 4.78 is 13.9. The zero-order valence-corrected chi connectivity index (χ0v) is 13.9. The van der Waals surface area contributed by atoms with E-state index in [0.717, 1.165) is 48.7 Å². The van der Waals surface area contributed by atoms with Gasteiger partial charge in [0.15, 0.2) is 0 Å². The van der Waals surface area contributed by atoms with Gasteiger partial charge in [-0.3, -0.25) is 4.79 Å². The number of halogens is 1. The van der Waals surface area contributed by atoms with Crippen LogP contribution in [-0.2, 0) is 4.79 Å². The lowest BCUT2D eigenvalue weighted by Crippen LogP contribution is -2.32. The highest BCUT2D eigenvalue weighted by Crippen LogP contribution is 2.33. The Labute approximate surface area is 139 Å². The van der Waals surface area contributed by atoms with Gasteiger partial charge in [0.05, 0.1) is 0 Å². The largest absolute Gasteiger partial charge is 0.357 e. The molecule has 118 valence electrons. The number of hydrogen-bond acceptors (Lipinski definition) is 3. The van der Waals surface area contributed by atoms with Crippen molar-refractivity contribution in [3.8, 4) is 0 Å². The van der Waals surface area contributed by atoms with Crippen molar-refractivity contribution in [3.05, 3.63) is 35.6 Å². The van der Waals surface area contributed by atoms with Crippen molar-refractivity contribution < 1.29 is 9.18 Å². The summed E-state index contributed by atoms with van der Waals surface area (Å²) in [5, 5.41) is 2.62. The quantitative estimate of drug-likeness (QED) is 0.854. The van der Waals surface area contributed by atoms with Gasteiger partial charge in [-0.2, -0.15) is 0 Å². The number of likely N-dealkylation sites (tertiary alicyclic amines) is 1. The number of benzene rings is 1. The second-order valence-corrected chi connectivity index (χ2v) is 7.53. The van der Waals surface area contributed by atoms with E-state index in [-0.39, 0.29) is 11.7 Å². The van der Waals surface area contributed by atoms with Gasteiger partial charge >= 0.3 is 0 Å². The number of nitrogens with one attached hydrogen (secondary N) is 1. The maximum absolute atomic E-state index is 13.1. The fourth-order valence-corrected chi connectivity index (χ4v) is 3.96. The van der Waals surface area contributed by atoms with Gasteiger partial charge in [0.2, 0.25) is 5.91 Å². The van der Waals surface area contributed by atoms with Crippen molar-refractivity contribution in [3.63, 3.8) is 0 Å². The van der Waals surface area contributed by atoms with Crippen LogP contribution < -0.4 is 5.32 Å². The molecule has 3 nitrogen and oxygen atoms in total. The molecular formula is C16H19FN2OS2. The van der Waals surface area contributed by atoms with E-state index in [4.69, 9.17) is 12.2 Å². The van der Waals surface area contributed by atoms with Gasteiger partial charge < -0.3 is 10.2 Å². The average molecular weight is 338 g/mol. The summed E-state index contributed by atoms with van der Waals surface area (Å²) in [6.07, 6.45) is 4.39. The molecule has 1 atom stereocenters. The SMILES string of the molecule is O=C(NC1CC1)C(SC(=S)N1CCCC1)c1ccc(F)cc1. The number of thioether (sulfide) groups is 1. The molecule has 1 aliphatic carbocycles. The Morgan fingerprint density at radius 3 is 2.50 bits per heavy atom. The zero-order chi connectivity index (χ0) is 15.5. The highest BCUT2D eigenvalue weighted by Gasteiger charge is 2.30. The van der Waals surface area contributed by atoms with Crippen LogP contribution in [-0.4, -0.2) is 34.3 Å². The lowest BCUT2D eigenvalue weighted by Gasteiger charge is -2.22. The smallest absolute Gasteiger partial charge is 0.238 e. The fourth-order valence-electron chi connectivity index (χ4n) is 2.49. The summed E-state index contributed by atoms with van der Waals surface area (Å²) in [7, 11) is 0. The Morgan fingerprint density at radius 2 is 1.91 bits per heavy atom. The summed E-state index contributed by atoms with van der Waals surface area (Å²) in [6.45, 7) is 1.93. The molecule has 1 saturated carbocycles. The van der Waals surface area contributed by atoms with Gasteiger partial charge in [-0.1, -0.05) is 36.1 Å². The Bertz CT molecular complexity index is 554. The molecule has 1 heterocycles. The average Bonchev–Trinajstić information content (AvgIpc) is 3.15. The highest BCUT2D eigenvalue weighted by atomic mass is 32.2. The maximum atomic E-state index is 13.1. The number of thiocarbonyl (C=S) groups is 1. The molecule has 0 radical (unpaired) electrons. The Morgan fingerprint density at radius 1 is 1.27 bits per heavy atom. The van der Waals surface area contributed by atoms with E-state index < -0.39 is 5.25 Å². The molecule has 1 aromatic rings. The summed E-state index contributed by atoms with van der Waals surface area (Å²) in [4.78, 5) is 14.7. The number of carbonyl (C=O) groups is 1. The van der Waals surface area contributed by atoms with Crippen molar-refractivity contribution in [1.82, 2.24) is 10.2 Å². The van der Waals surface area contributed by atoms with Crippen LogP contribution in [0.5, 0.6) is 0 Å². The number of amides is 1. The lowest BCUT2D eigenvalue weighted by molar-refractivity contribution is -0.120. The number of nitrogens with zero attached hydrogens (tertiary/aromatic N) is 1. The Hall–Kier alpha value is -1.14. The highest BCUT2D eigenvalue weighted by molar-refractivity contribution is 8.23. The van der Waals surface area contributed by atoms with Crippen LogP contribution in [0.25, 0.3) is 0 Å². The Balaban J connectivity index is 1.73. The molecule has 1 N–H and O–H groups in total. The van der Waals surface area contributed by atoms with Crippen molar-refractivity contribution in [1.29, 1.82) is 0 Å². The maximum Gasteiger partial charge on any atom is 0.238 e. The molecule has 0 bridgehead atoms. The minimum atomic E-state index is -0.408. The molecule has 2 aliphatic rings. The molecule has 1 unspecified atom stereocenters. The van der Waals surface area contributed by atoms with E-state index in [1.54, 1.807) is 12.1 Å². The lowest BCUT2D eigenvalue weighted by atomic mass is 10.1. The van der Waals surface area contributed by atoms with Gasteiger partial charge in [-0.05, 0) is 43.4 Å². The summed E-state index contributed by atoms with van der Waals surface area (Å²) in [6, 6.07) is 6.44. The molecule has 1 aromatic carbocycles. The third kappa shape index (κ3) is 3.98. The summed E-state index contributed by atoms with van der Waals surface area (Å²) in [5.41, 5.74) is 0.797. The van der Waals surface area contributed by atoms with Crippen molar-refractivity contribution in [2.24, 2.45) is 0 Å². The summed E-state index contributed by atoms with van der Waals surface area (Å²) in [5.74, 6) is -0.321. The van der Waals surface area contributed by atoms with Crippen molar-refractivity contribution >= 4 is 34.2 Å². The minimum absolute atomic E-state index is 0.0272. The zero-order valence-electron chi connectivity index (χ0n) is 12.3. The van der Waals surface area contributed by atoms with Gasteiger partial charge in [0.25, 0.3) is 0 Å². The van der Waals surface area contributed by atoms with Crippen LogP contribution in [0.2, 0.25) is 0 Å². The van der Waals surface area contributed by atoms with Gasteiger partial charge in [-0.25, -0.2) is 4.39 Å². The van der Waals surface area contributed by atoms with E-state index in [0.29, 0.717) is 6.04 Å². The minimum Gasteiger partial charge on any atom is -0.357 e. The van der Waals surface area contributed by atoms with Crippen LogP contribution in [0.1, 0.15) is 36.5 Å². The number of rotatable bonds is 4. The van der Waals surface area contributed by atoms with E-state index in [1.807, 2.05) is 0 Å². The van der Waals surface area contributed by atoms with Gasteiger partial charge in [-0.15, -0.1) is 0 Å². The van der Waals surface area contributed by atoms with E-state index in [9.17, 15) is 9.18 Å². The topological polar surface area (TPSA) is 32.3 Å². The van der Waals surface area contributed by atoms with Crippen molar-refractivity contribution in [2.75, 3.05) is 13.1 Å². The van der Waals surface area contributed by atoms with E-state index in [1.165, 1.54) is 23.9 Å². The van der Waals surface area contributed by atoms with Crippen LogP contribution in [0.4, 0.5) is 4.39 Å². The predicted octanol–water partition coefficient (Wildman–Crippen LogP) is 3.26. The fraction of sp³-hybridized carbons (Fsp3) is 0.500. The van der Waals surface area contributed by atoms with Gasteiger partial charge in [0.1, 0.15) is 15.4 Å². The summed E-state index contributed by atoms with van der Waals surface area (Å²) >= 11 is 6.90. The second-order valence-electron chi connectivity index (χ2n) is 5.79. The molecular weight excluding hydrogens is 319 g/mol. The third-order valence-corrected chi connectivity index (χ3v) is 5.65. The van der Waals surface area contributed by atoms with Gasteiger partial charge in [0, 0.05) is 19.1 Å². The number of hydrogen-bond donors (Lipinski definition) is 1. The number of carbonyl (C=O) groups excluding carboxylic acids is 1. The molecule has 1 amide bonds. The molecule has 0 aromatic heterocycles. The van der Waals surface area contributed by atoms with Crippen LogP contribution in [0, 0.1) is 5.82 Å². The third-order valence-electron chi connectivity index (χ3n) is 3.92.